The van der Waals surface area contributed by atoms with E-state index >= 15 is 0 Å². The number of thiocarbonyl (C=S) groups is 1. The zero-order valence-corrected chi connectivity index (χ0v) is 17.2. The first-order chi connectivity index (χ1) is 13.6. The number of hydrogen-bond donors (Lipinski definition) is 1. The zero-order chi connectivity index (χ0) is 19.8. The van der Waals surface area contributed by atoms with E-state index in [1.165, 1.54) is 17.2 Å². The van der Waals surface area contributed by atoms with E-state index in [4.69, 9.17) is 17.0 Å². The average molecular weight is 402 g/mol. The van der Waals surface area contributed by atoms with Gasteiger partial charge in [-0.3, -0.25) is 4.90 Å². The van der Waals surface area contributed by atoms with Crippen molar-refractivity contribution in [3.05, 3.63) is 65.5 Å². The molecule has 1 saturated heterocycles. The van der Waals surface area contributed by atoms with Gasteiger partial charge in [0.1, 0.15) is 5.82 Å². The van der Waals surface area contributed by atoms with Gasteiger partial charge in [-0.2, -0.15) is 0 Å². The third kappa shape index (κ3) is 5.99. The summed E-state index contributed by atoms with van der Waals surface area (Å²) in [5, 5.41) is 3.64. The quantitative estimate of drug-likeness (QED) is 0.707. The van der Waals surface area contributed by atoms with Gasteiger partial charge < -0.3 is 15.0 Å². The SMILES string of the molecule is Cc1ccccc1CN(CCCN1CCOCC1)C(=S)Nc1ccccc1F. The van der Waals surface area contributed by atoms with Gasteiger partial charge >= 0.3 is 0 Å². The molecule has 0 amide bonds. The molecule has 28 heavy (non-hydrogen) atoms. The van der Waals surface area contributed by atoms with Gasteiger partial charge in [0.15, 0.2) is 5.11 Å². The van der Waals surface area contributed by atoms with Crippen LogP contribution in [0.4, 0.5) is 10.1 Å². The highest BCUT2D eigenvalue weighted by Crippen LogP contribution is 2.16. The Labute approximate surface area is 172 Å². The maximum atomic E-state index is 14.0. The van der Waals surface area contributed by atoms with Gasteiger partial charge in [0.05, 0.1) is 18.9 Å². The van der Waals surface area contributed by atoms with Crippen LogP contribution in [0.15, 0.2) is 48.5 Å². The number of benzene rings is 2. The standard InChI is InChI=1S/C22H28FN3OS/c1-18-7-2-3-8-19(18)17-26(12-6-11-25-13-15-27-16-14-25)22(28)24-21-10-5-4-9-20(21)23/h2-5,7-10H,6,11-17H2,1H3,(H,24,28). The summed E-state index contributed by atoms with van der Waals surface area (Å²) in [5.41, 5.74) is 2.87. The highest BCUT2D eigenvalue weighted by Gasteiger charge is 2.15. The Morgan fingerprint density at radius 3 is 2.61 bits per heavy atom. The van der Waals surface area contributed by atoms with Crippen molar-refractivity contribution in [1.82, 2.24) is 9.80 Å². The number of rotatable bonds is 7. The number of halogens is 1. The van der Waals surface area contributed by atoms with Crippen molar-refractivity contribution in [1.29, 1.82) is 0 Å². The molecule has 0 saturated carbocycles. The van der Waals surface area contributed by atoms with E-state index in [9.17, 15) is 4.39 Å². The predicted octanol–water partition coefficient (Wildman–Crippen LogP) is 4.06. The number of morpholine rings is 1. The molecule has 0 bridgehead atoms. The third-order valence-electron chi connectivity index (χ3n) is 5.03. The number of nitrogens with one attached hydrogen (secondary N) is 1. The molecule has 6 heteroatoms. The molecule has 2 aromatic rings. The number of ether oxygens (including phenoxy) is 1. The van der Waals surface area contributed by atoms with Crippen LogP contribution in [0.1, 0.15) is 17.5 Å². The summed E-state index contributed by atoms with van der Waals surface area (Å²) < 4.78 is 19.5. The van der Waals surface area contributed by atoms with Crippen molar-refractivity contribution in [3.8, 4) is 0 Å². The van der Waals surface area contributed by atoms with Crippen LogP contribution in [0.3, 0.4) is 0 Å². The normalized spacial score (nSPS) is 14.6. The van der Waals surface area contributed by atoms with Crippen LogP contribution in [0, 0.1) is 12.7 Å². The summed E-state index contributed by atoms with van der Waals surface area (Å²) in [4.78, 5) is 4.55. The van der Waals surface area contributed by atoms with E-state index in [2.05, 4.69) is 34.2 Å². The van der Waals surface area contributed by atoms with Gasteiger partial charge in [-0.25, -0.2) is 4.39 Å². The lowest BCUT2D eigenvalue weighted by Gasteiger charge is -2.30. The Balaban J connectivity index is 1.65. The van der Waals surface area contributed by atoms with Crippen LogP contribution in [-0.2, 0) is 11.3 Å². The fourth-order valence-electron chi connectivity index (χ4n) is 3.31. The molecule has 150 valence electrons. The molecule has 0 radical (unpaired) electrons. The maximum absolute atomic E-state index is 14.0. The van der Waals surface area contributed by atoms with Crippen molar-refractivity contribution in [3.63, 3.8) is 0 Å². The number of anilines is 1. The molecule has 2 aromatic carbocycles. The minimum Gasteiger partial charge on any atom is -0.379 e. The lowest BCUT2D eigenvalue weighted by atomic mass is 10.1. The first-order valence-electron chi connectivity index (χ1n) is 9.78. The average Bonchev–Trinajstić information content (AvgIpc) is 2.71. The van der Waals surface area contributed by atoms with E-state index in [0.29, 0.717) is 17.3 Å². The van der Waals surface area contributed by atoms with E-state index in [1.807, 2.05) is 12.1 Å². The Hall–Kier alpha value is -2.02. The van der Waals surface area contributed by atoms with Crippen LogP contribution in [0.2, 0.25) is 0 Å². The van der Waals surface area contributed by atoms with E-state index in [0.717, 1.165) is 45.8 Å². The highest BCUT2D eigenvalue weighted by molar-refractivity contribution is 7.80. The second-order valence-electron chi connectivity index (χ2n) is 7.07. The van der Waals surface area contributed by atoms with Crippen LogP contribution in [0.5, 0.6) is 0 Å². The number of nitrogens with zero attached hydrogens (tertiary/aromatic N) is 2. The van der Waals surface area contributed by atoms with Crippen LogP contribution in [-0.4, -0.2) is 54.3 Å². The fourth-order valence-corrected chi connectivity index (χ4v) is 3.58. The minimum absolute atomic E-state index is 0.297. The highest BCUT2D eigenvalue weighted by atomic mass is 32.1. The third-order valence-corrected chi connectivity index (χ3v) is 5.39. The number of aryl methyl sites for hydroxylation is 1. The predicted molar refractivity (Wildman–Crippen MR) is 116 cm³/mol. The Kier molecular flexibility index (Phi) is 7.77. The monoisotopic (exact) mass is 401 g/mol. The number of para-hydroxylation sites is 1. The van der Waals surface area contributed by atoms with E-state index < -0.39 is 0 Å². The van der Waals surface area contributed by atoms with Crippen LogP contribution in [0.25, 0.3) is 0 Å². The molecule has 1 fully saturated rings. The lowest BCUT2D eigenvalue weighted by molar-refractivity contribution is 0.0368. The Morgan fingerprint density at radius 1 is 1.14 bits per heavy atom. The second kappa shape index (κ2) is 10.5. The molecule has 0 unspecified atom stereocenters. The Morgan fingerprint density at radius 2 is 1.86 bits per heavy atom. The first-order valence-corrected chi connectivity index (χ1v) is 10.2. The smallest absolute Gasteiger partial charge is 0.173 e. The van der Waals surface area contributed by atoms with Gasteiger partial charge in [-0.1, -0.05) is 36.4 Å². The van der Waals surface area contributed by atoms with Crippen molar-refractivity contribution in [2.45, 2.75) is 19.9 Å². The maximum Gasteiger partial charge on any atom is 0.173 e. The molecule has 3 rings (SSSR count). The molecule has 4 nitrogen and oxygen atoms in total. The summed E-state index contributed by atoms with van der Waals surface area (Å²) in [6.45, 7) is 8.21. The van der Waals surface area contributed by atoms with E-state index in [1.54, 1.807) is 18.2 Å². The van der Waals surface area contributed by atoms with Crippen molar-refractivity contribution in [2.75, 3.05) is 44.7 Å². The van der Waals surface area contributed by atoms with Gasteiger partial charge in [0, 0.05) is 32.7 Å². The molecule has 0 aromatic heterocycles. The second-order valence-corrected chi connectivity index (χ2v) is 7.45. The largest absolute Gasteiger partial charge is 0.379 e. The molecule has 1 heterocycles. The molecule has 0 spiro atoms. The summed E-state index contributed by atoms with van der Waals surface area (Å²) in [6, 6.07) is 14.9. The van der Waals surface area contributed by atoms with Crippen LogP contribution < -0.4 is 5.32 Å². The topological polar surface area (TPSA) is 27.7 Å². The Bertz CT molecular complexity index is 780. The zero-order valence-electron chi connectivity index (χ0n) is 16.4. The summed E-state index contributed by atoms with van der Waals surface area (Å²) in [5.74, 6) is -0.297. The van der Waals surface area contributed by atoms with Crippen molar-refractivity contribution in [2.24, 2.45) is 0 Å². The molecular weight excluding hydrogens is 373 g/mol. The molecule has 1 aliphatic rings. The van der Waals surface area contributed by atoms with Gasteiger partial charge in [0.25, 0.3) is 0 Å². The molecule has 1 aliphatic heterocycles. The lowest BCUT2D eigenvalue weighted by Crippen LogP contribution is -2.40. The molecule has 0 atom stereocenters. The van der Waals surface area contributed by atoms with Gasteiger partial charge in [0.2, 0.25) is 0 Å². The summed E-state index contributed by atoms with van der Waals surface area (Å²) in [7, 11) is 0. The van der Waals surface area contributed by atoms with Gasteiger partial charge in [-0.05, 0) is 48.8 Å². The van der Waals surface area contributed by atoms with Crippen molar-refractivity contribution < 1.29 is 9.13 Å². The first kappa shape index (κ1) is 20.7. The molecule has 0 aliphatic carbocycles. The van der Waals surface area contributed by atoms with E-state index in [-0.39, 0.29) is 5.82 Å². The van der Waals surface area contributed by atoms with Gasteiger partial charge in [-0.15, -0.1) is 0 Å². The van der Waals surface area contributed by atoms with Crippen molar-refractivity contribution >= 4 is 23.0 Å². The van der Waals surface area contributed by atoms with Crippen LogP contribution >= 0.6 is 12.2 Å². The number of hydrogen-bond acceptors (Lipinski definition) is 3. The minimum atomic E-state index is -0.297. The fraction of sp³-hybridized carbons (Fsp3) is 0.409. The summed E-state index contributed by atoms with van der Waals surface area (Å²) in [6.07, 6.45) is 0.991. The molecular formula is C22H28FN3OS. The molecule has 1 N–H and O–H groups in total. The summed E-state index contributed by atoms with van der Waals surface area (Å²) >= 11 is 5.64.